The maximum absolute atomic E-state index is 14.1. The molecule has 0 spiro atoms. The summed E-state index contributed by atoms with van der Waals surface area (Å²) in [5.74, 6) is -0.816. The Labute approximate surface area is 211 Å². The number of amides is 2. The molecule has 0 saturated carbocycles. The Bertz CT molecular complexity index is 1410. The lowest BCUT2D eigenvalue weighted by Crippen LogP contribution is -2.47. The third kappa shape index (κ3) is 4.18. The molecule has 1 N–H and O–H groups in total. The summed E-state index contributed by atoms with van der Waals surface area (Å²) in [5.41, 5.74) is 5.27. The van der Waals surface area contributed by atoms with Crippen LogP contribution in [0.2, 0.25) is 0 Å². The zero-order valence-electron chi connectivity index (χ0n) is 20.9. The molecule has 0 aliphatic carbocycles. The minimum atomic E-state index is -0.590. The summed E-state index contributed by atoms with van der Waals surface area (Å²) in [6.07, 6.45) is 2.98. The second-order valence-corrected chi connectivity index (χ2v) is 9.25. The molecule has 0 radical (unpaired) electrons. The van der Waals surface area contributed by atoms with Crippen molar-refractivity contribution in [2.75, 3.05) is 25.6 Å². The fraction of sp³-hybridized carbons (Fsp3) is 0.267. The molecule has 0 bridgehead atoms. The van der Waals surface area contributed by atoms with Crippen LogP contribution in [0.5, 0.6) is 0 Å². The highest BCUT2D eigenvalue weighted by Gasteiger charge is 2.45. The number of para-hydroxylation sites is 1. The lowest BCUT2D eigenvalue weighted by Gasteiger charge is -2.41. The summed E-state index contributed by atoms with van der Waals surface area (Å²) < 4.78 is 7.43. The second-order valence-electron chi connectivity index (χ2n) is 9.25. The first-order chi connectivity index (χ1) is 17.5. The highest BCUT2D eigenvalue weighted by molar-refractivity contribution is 6.05. The molecule has 2 heterocycles. The van der Waals surface area contributed by atoms with Gasteiger partial charge in [-0.3, -0.25) is 9.59 Å². The van der Waals surface area contributed by atoms with Crippen molar-refractivity contribution in [2.24, 2.45) is 7.05 Å². The third-order valence-corrected chi connectivity index (χ3v) is 7.13. The molecule has 4 aromatic rings. The molecule has 1 aromatic heterocycles. The van der Waals surface area contributed by atoms with Crippen molar-refractivity contribution < 1.29 is 14.3 Å². The van der Waals surface area contributed by atoms with E-state index in [2.05, 4.69) is 28.9 Å². The van der Waals surface area contributed by atoms with Gasteiger partial charge in [0.1, 0.15) is 0 Å². The van der Waals surface area contributed by atoms with E-state index in [4.69, 9.17) is 4.74 Å². The fourth-order valence-electron chi connectivity index (χ4n) is 5.31. The van der Waals surface area contributed by atoms with Crippen molar-refractivity contribution >= 4 is 28.4 Å². The van der Waals surface area contributed by atoms with Crippen molar-refractivity contribution in [3.05, 3.63) is 101 Å². The van der Waals surface area contributed by atoms with Crippen LogP contribution < -0.4 is 5.32 Å². The molecule has 36 heavy (non-hydrogen) atoms. The minimum Gasteiger partial charge on any atom is -0.383 e. The van der Waals surface area contributed by atoms with Gasteiger partial charge >= 0.3 is 0 Å². The van der Waals surface area contributed by atoms with Crippen LogP contribution in [0.1, 0.15) is 45.9 Å². The first-order valence-corrected chi connectivity index (χ1v) is 12.4. The van der Waals surface area contributed by atoms with Crippen LogP contribution in [0.4, 0.5) is 5.69 Å². The van der Waals surface area contributed by atoms with Gasteiger partial charge < -0.3 is 19.5 Å². The summed E-state index contributed by atoms with van der Waals surface area (Å²) >= 11 is 0. The van der Waals surface area contributed by atoms with E-state index in [1.807, 2.05) is 73.9 Å². The van der Waals surface area contributed by atoms with Crippen LogP contribution >= 0.6 is 0 Å². The Morgan fingerprint density at radius 2 is 1.69 bits per heavy atom. The molecular weight excluding hydrogens is 450 g/mol. The molecule has 0 unspecified atom stereocenters. The van der Waals surface area contributed by atoms with Gasteiger partial charge in [0.2, 0.25) is 5.91 Å². The lowest BCUT2D eigenvalue weighted by atomic mass is 9.79. The highest BCUT2D eigenvalue weighted by Crippen LogP contribution is 2.45. The largest absolute Gasteiger partial charge is 0.383 e. The summed E-state index contributed by atoms with van der Waals surface area (Å²) in [7, 11) is 3.62. The van der Waals surface area contributed by atoms with E-state index in [1.165, 1.54) is 5.56 Å². The maximum atomic E-state index is 14.1. The number of aryl methyl sites for hydroxylation is 2. The Morgan fingerprint density at radius 3 is 2.44 bits per heavy atom. The molecule has 5 rings (SSSR count). The number of carbonyl (C=O) groups is 2. The van der Waals surface area contributed by atoms with Crippen LogP contribution in [-0.4, -0.2) is 41.5 Å². The van der Waals surface area contributed by atoms with E-state index in [0.717, 1.165) is 34.1 Å². The Morgan fingerprint density at radius 1 is 0.972 bits per heavy atom. The minimum absolute atomic E-state index is 0.0862. The van der Waals surface area contributed by atoms with Crippen molar-refractivity contribution in [3.63, 3.8) is 0 Å². The van der Waals surface area contributed by atoms with Crippen molar-refractivity contribution in [2.45, 2.75) is 25.3 Å². The average Bonchev–Trinajstić information content (AvgIpc) is 3.24. The SMILES string of the molecule is CCc1ccc(NC(=O)[C@H]2c3ccccc3C(=O)N(CCOC)[C@H]2c2cn(C)c3ccccc23)cc1. The van der Waals surface area contributed by atoms with Gasteiger partial charge in [-0.1, -0.05) is 55.5 Å². The number of rotatable bonds is 7. The van der Waals surface area contributed by atoms with E-state index in [1.54, 1.807) is 12.0 Å². The van der Waals surface area contributed by atoms with Gasteiger partial charge in [-0.25, -0.2) is 0 Å². The lowest BCUT2D eigenvalue weighted by molar-refractivity contribution is -0.119. The number of fused-ring (bicyclic) bond motifs is 2. The van der Waals surface area contributed by atoms with E-state index in [0.29, 0.717) is 18.7 Å². The van der Waals surface area contributed by atoms with Gasteiger partial charge in [0, 0.05) is 54.6 Å². The normalized spacial score (nSPS) is 17.3. The third-order valence-electron chi connectivity index (χ3n) is 7.13. The monoisotopic (exact) mass is 481 g/mol. The summed E-state index contributed by atoms with van der Waals surface area (Å²) in [5, 5.41) is 4.17. The molecule has 1 aliphatic heterocycles. The smallest absolute Gasteiger partial charge is 0.254 e. The highest BCUT2D eigenvalue weighted by atomic mass is 16.5. The number of carbonyl (C=O) groups excluding carboxylic acids is 2. The first-order valence-electron chi connectivity index (χ1n) is 12.4. The van der Waals surface area contributed by atoms with Gasteiger partial charge in [0.15, 0.2) is 0 Å². The summed E-state index contributed by atoms with van der Waals surface area (Å²) in [6.45, 7) is 2.86. The average molecular weight is 482 g/mol. The number of nitrogens with one attached hydrogen (secondary N) is 1. The maximum Gasteiger partial charge on any atom is 0.254 e. The number of anilines is 1. The van der Waals surface area contributed by atoms with Gasteiger partial charge in [0.25, 0.3) is 5.91 Å². The molecular formula is C30H31N3O3. The standard InChI is InChI=1S/C30H31N3O3/c1-4-20-13-15-21(16-14-20)31-29(34)27-23-10-5-6-11-24(23)30(35)33(17-18-36-3)28(27)25-19-32(2)26-12-8-7-9-22(25)26/h5-16,19,27-28H,4,17-18H2,1-3H3,(H,31,34)/t27-,28-/m0/s1. The number of hydrogen-bond donors (Lipinski definition) is 1. The zero-order valence-corrected chi connectivity index (χ0v) is 20.9. The van der Waals surface area contributed by atoms with Crippen LogP contribution in [0.25, 0.3) is 10.9 Å². The predicted molar refractivity (Wildman–Crippen MR) is 142 cm³/mol. The number of methoxy groups -OCH3 is 1. The number of nitrogens with zero attached hydrogens (tertiary/aromatic N) is 2. The van der Waals surface area contributed by atoms with Crippen molar-refractivity contribution in [3.8, 4) is 0 Å². The van der Waals surface area contributed by atoms with Crippen molar-refractivity contribution in [1.82, 2.24) is 9.47 Å². The van der Waals surface area contributed by atoms with Gasteiger partial charge in [-0.15, -0.1) is 0 Å². The number of ether oxygens (including phenoxy) is 1. The number of benzene rings is 3. The van der Waals surface area contributed by atoms with Crippen LogP contribution in [0.15, 0.2) is 79.0 Å². The first kappa shape index (κ1) is 23.8. The number of aromatic nitrogens is 1. The molecule has 6 heteroatoms. The fourth-order valence-corrected chi connectivity index (χ4v) is 5.31. The molecule has 2 amide bonds. The van der Waals surface area contributed by atoms with Crippen LogP contribution in [0.3, 0.4) is 0 Å². The summed E-state index contributed by atoms with van der Waals surface area (Å²) in [6, 6.07) is 23.0. The Hall–Kier alpha value is -3.90. The van der Waals surface area contributed by atoms with Crippen LogP contribution in [-0.2, 0) is 23.0 Å². The van der Waals surface area contributed by atoms with Gasteiger partial charge in [-0.2, -0.15) is 0 Å². The van der Waals surface area contributed by atoms with Crippen molar-refractivity contribution in [1.29, 1.82) is 0 Å². The summed E-state index contributed by atoms with van der Waals surface area (Å²) in [4.78, 5) is 29.6. The zero-order chi connectivity index (χ0) is 25.2. The number of hydrogen-bond acceptors (Lipinski definition) is 3. The molecule has 0 fully saturated rings. The van der Waals surface area contributed by atoms with Gasteiger partial charge in [-0.05, 0) is 41.8 Å². The van der Waals surface area contributed by atoms with E-state index < -0.39 is 12.0 Å². The van der Waals surface area contributed by atoms with Gasteiger partial charge in [0.05, 0.1) is 18.6 Å². The Kier molecular flexibility index (Phi) is 6.61. The van der Waals surface area contributed by atoms with E-state index >= 15 is 0 Å². The molecule has 3 aromatic carbocycles. The molecule has 6 nitrogen and oxygen atoms in total. The Balaban J connectivity index is 1.66. The second kappa shape index (κ2) is 9.99. The van der Waals surface area contributed by atoms with E-state index in [9.17, 15) is 9.59 Å². The van der Waals surface area contributed by atoms with E-state index in [-0.39, 0.29) is 11.8 Å². The van der Waals surface area contributed by atoms with Crippen LogP contribution in [0, 0.1) is 0 Å². The topological polar surface area (TPSA) is 63.6 Å². The molecule has 0 saturated heterocycles. The quantitative estimate of drug-likeness (QED) is 0.389. The predicted octanol–water partition coefficient (Wildman–Crippen LogP) is 5.31. The molecule has 1 aliphatic rings. The molecule has 184 valence electrons. The molecule has 2 atom stereocenters.